The number of nitriles is 1. The Morgan fingerprint density at radius 1 is 1.47 bits per heavy atom. The molecule has 0 radical (unpaired) electrons. The molecular formula is C11H7N3S. The monoisotopic (exact) mass is 213 g/mol. The molecule has 15 heavy (non-hydrogen) atoms. The number of nitrogens with one attached hydrogen (secondary N) is 1. The van der Waals surface area contributed by atoms with Crippen LogP contribution in [0.2, 0.25) is 0 Å². The Hall–Kier alpha value is -1.86. The number of nitrogens with zero attached hydrogens (tertiary/aromatic N) is 2. The molecule has 0 aliphatic rings. The summed E-state index contributed by atoms with van der Waals surface area (Å²) in [4.78, 5) is 7.55. The van der Waals surface area contributed by atoms with Crippen LogP contribution in [-0.2, 0) is 0 Å². The van der Waals surface area contributed by atoms with Crippen LogP contribution in [0.1, 0.15) is 10.6 Å². The molecule has 4 heteroatoms. The van der Waals surface area contributed by atoms with Crippen molar-refractivity contribution in [3.8, 4) is 6.07 Å². The minimum Gasteiger partial charge on any atom is -0.360 e. The molecule has 3 aromatic rings. The molecule has 0 saturated heterocycles. The van der Waals surface area contributed by atoms with Gasteiger partial charge in [-0.2, -0.15) is 5.26 Å². The smallest absolute Gasteiger partial charge is 0.101 e. The number of fused-ring (bicyclic) bond motifs is 3. The summed E-state index contributed by atoms with van der Waals surface area (Å²) in [5.74, 6) is 0. The lowest BCUT2D eigenvalue weighted by molar-refractivity contribution is 1.35. The molecule has 0 saturated carbocycles. The van der Waals surface area contributed by atoms with E-state index in [2.05, 4.69) is 16.0 Å². The van der Waals surface area contributed by atoms with Gasteiger partial charge < -0.3 is 4.98 Å². The fourth-order valence-electron chi connectivity index (χ4n) is 1.81. The van der Waals surface area contributed by atoms with E-state index in [1.807, 2.05) is 19.1 Å². The van der Waals surface area contributed by atoms with Crippen LogP contribution in [0, 0.1) is 18.3 Å². The van der Waals surface area contributed by atoms with E-state index in [1.54, 1.807) is 17.5 Å². The van der Waals surface area contributed by atoms with Gasteiger partial charge in [0.15, 0.2) is 0 Å². The number of benzene rings is 1. The minimum atomic E-state index is 0.668. The van der Waals surface area contributed by atoms with E-state index < -0.39 is 0 Å². The van der Waals surface area contributed by atoms with Crippen molar-refractivity contribution >= 4 is 32.5 Å². The summed E-state index contributed by atoms with van der Waals surface area (Å²) in [6, 6.07) is 6.22. The quantitative estimate of drug-likeness (QED) is 0.624. The normalized spacial score (nSPS) is 10.9. The first-order valence-electron chi connectivity index (χ1n) is 4.57. The number of hydrogen-bond acceptors (Lipinski definition) is 3. The van der Waals surface area contributed by atoms with Gasteiger partial charge in [0.05, 0.1) is 20.8 Å². The van der Waals surface area contributed by atoms with Crippen LogP contribution in [0.4, 0.5) is 0 Å². The van der Waals surface area contributed by atoms with E-state index in [0.717, 1.165) is 26.1 Å². The lowest BCUT2D eigenvalue weighted by Gasteiger charge is -1.91. The van der Waals surface area contributed by atoms with Crippen molar-refractivity contribution in [1.82, 2.24) is 9.97 Å². The van der Waals surface area contributed by atoms with Crippen molar-refractivity contribution < 1.29 is 0 Å². The van der Waals surface area contributed by atoms with Crippen LogP contribution in [0.15, 0.2) is 18.3 Å². The molecule has 3 nitrogen and oxygen atoms in total. The van der Waals surface area contributed by atoms with Gasteiger partial charge in [-0.15, -0.1) is 11.3 Å². The first-order chi connectivity index (χ1) is 7.29. The van der Waals surface area contributed by atoms with Crippen LogP contribution >= 0.6 is 11.3 Å². The Balaban J connectivity index is 2.62. The number of H-pyrrole nitrogens is 1. The van der Waals surface area contributed by atoms with Gasteiger partial charge in [0.1, 0.15) is 6.07 Å². The maximum atomic E-state index is 9.00. The second-order valence-electron chi connectivity index (χ2n) is 3.38. The zero-order valence-electron chi connectivity index (χ0n) is 8.03. The topological polar surface area (TPSA) is 52.5 Å². The van der Waals surface area contributed by atoms with Gasteiger partial charge in [-0.05, 0) is 19.1 Å². The van der Waals surface area contributed by atoms with E-state index in [1.165, 1.54) is 0 Å². The molecule has 72 valence electrons. The molecule has 3 rings (SSSR count). The number of aromatic nitrogens is 2. The van der Waals surface area contributed by atoms with Crippen LogP contribution < -0.4 is 0 Å². The Morgan fingerprint density at radius 3 is 3.13 bits per heavy atom. The summed E-state index contributed by atoms with van der Waals surface area (Å²) in [5, 5.41) is 11.0. The summed E-state index contributed by atoms with van der Waals surface area (Å²) in [6.07, 6.45) is 1.73. The first kappa shape index (κ1) is 8.45. The summed E-state index contributed by atoms with van der Waals surface area (Å²) < 4.78 is 1.14. The summed E-state index contributed by atoms with van der Waals surface area (Å²) in [7, 11) is 0. The van der Waals surface area contributed by atoms with Crippen molar-refractivity contribution in [1.29, 1.82) is 5.26 Å². The van der Waals surface area contributed by atoms with E-state index in [9.17, 15) is 0 Å². The molecule has 0 unspecified atom stereocenters. The molecule has 2 heterocycles. The number of hydrogen-bond donors (Lipinski definition) is 1. The predicted molar refractivity (Wildman–Crippen MR) is 60.9 cm³/mol. The Morgan fingerprint density at radius 2 is 2.33 bits per heavy atom. The first-order valence-corrected chi connectivity index (χ1v) is 5.38. The second kappa shape index (κ2) is 2.81. The number of rotatable bonds is 0. The molecule has 2 aromatic heterocycles. The lowest BCUT2D eigenvalue weighted by Crippen LogP contribution is -1.74. The molecule has 0 amide bonds. The van der Waals surface area contributed by atoms with E-state index in [0.29, 0.717) is 5.56 Å². The van der Waals surface area contributed by atoms with Gasteiger partial charge in [0.25, 0.3) is 0 Å². The highest BCUT2D eigenvalue weighted by molar-refractivity contribution is 7.18. The van der Waals surface area contributed by atoms with E-state index >= 15 is 0 Å². The molecule has 0 fully saturated rings. The average molecular weight is 213 g/mol. The van der Waals surface area contributed by atoms with E-state index in [-0.39, 0.29) is 0 Å². The van der Waals surface area contributed by atoms with Crippen molar-refractivity contribution in [2.75, 3.05) is 0 Å². The lowest BCUT2D eigenvalue weighted by atomic mass is 10.1. The fourth-order valence-corrected chi connectivity index (χ4v) is 2.64. The standard InChI is InChI=1S/C11H7N3S/c1-6-14-11-9(15-6)3-2-8-10(11)7(4-12)5-13-8/h2-3,5,13H,1H3. The van der Waals surface area contributed by atoms with Crippen molar-refractivity contribution in [2.24, 2.45) is 0 Å². The number of aryl methyl sites for hydroxylation is 1. The van der Waals surface area contributed by atoms with Gasteiger partial charge in [0.2, 0.25) is 0 Å². The van der Waals surface area contributed by atoms with Crippen molar-refractivity contribution in [3.63, 3.8) is 0 Å². The van der Waals surface area contributed by atoms with Gasteiger partial charge >= 0.3 is 0 Å². The fraction of sp³-hybridized carbons (Fsp3) is 0.0909. The van der Waals surface area contributed by atoms with Crippen LogP contribution in [0.3, 0.4) is 0 Å². The van der Waals surface area contributed by atoms with Gasteiger partial charge in [-0.25, -0.2) is 4.98 Å². The van der Waals surface area contributed by atoms with Crippen LogP contribution in [-0.4, -0.2) is 9.97 Å². The summed E-state index contributed by atoms with van der Waals surface area (Å²) >= 11 is 1.66. The molecular weight excluding hydrogens is 206 g/mol. The molecule has 0 aliphatic carbocycles. The highest BCUT2D eigenvalue weighted by Crippen LogP contribution is 2.30. The maximum absolute atomic E-state index is 9.00. The molecule has 1 N–H and O–H groups in total. The second-order valence-corrected chi connectivity index (χ2v) is 4.62. The number of aromatic amines is 1. The highest BCUT2D eigenvalue weighted by atomic mass is 32.1. The molecule has 0 atom stereocenters. The molecule has 0 aliphatic heterocycles. The Kier molecular flexibility index (Phi) is 1.58. The predicted octanol–water partition coefficient (Wildman–Crippen LogP) is 2.96. The van der Waals surface area contributed by atoms with Gasteiger partial charge in [0, 0.05) is 17.1 Å². The third kappa shape index (κ3) is 1.07. The van der Waals surface area contributed by atoms with Crippen LogP contribution in [0.5, 0.6) is 0 Å². The Bertz CT molecular complexity index is 700. The van der Waals surface area contributed by atoms with Gasteiger partial charge in [-0.3, -0.25) is 0 Å². The zero-order chi connectivity index (χ0) is 10.4. The zero-order valence-corrected chi connectivity index (χ0v) is 8.85. The van der Waals surface area contributed by atoms with Gasteiger partial charge in [-0.1, -0.05) is 0 Å². The Labute approximate surface area is 90.0 Å². The number of thiazole rings is 1. The molecule has 0 bridgehead atoms. The SMILES string of the molecule is Cc1nc2c(ccc3[nH]cc(C#N)c32)s1. The largest absolute Gasteiger partial charge is 0.360 e. The highest BCUT2D eigenvalue weighted by Gasteiger charge is 2.10. The third-order valence-electron chi connectivity index (χ3n) is 2.43. The third-order valence-corrected chi connectivity index (χ3v) is 3.37. The summed E-state index contributed by atoms with van der Waals surface area (Å²) in [6.45, 7) is 1.98. The van der Waals surface area contributed by atoms with Crippen molar-refractivity contribution in [3.05, 3.63) is 28.9 Å². The summed E-state index contributed by atoms with van der Waals surface area (Å²) in [5.41, 5.74) is 2.58. The van der Waals surface area contributed by atoms with Crippen LogP contribution in [0.25, 0.3) is 21.1 Å². The molecule has 1 aromatic carbocycles. The average Bonchev–Trinajstić information content (AvgIpc) is 2.78. The van der Waals surface area contributed by atoms with E-state index in [4.69, 9.17) is 5.26 Å². The minimum absolute atomic E-state index is 0.668. The van der Waals surface area contributed by atoms with Crippen molar-refractivity contribution in [2.45, 2.75) is 6.92 Å². The molecule has 0 spiro atoms. The maximum Gasteiger partial charge on any atom is 0.101 e.